The van der Waals surface area contributed by atoms with Crippen LogP contribution in [0.2, 0.25) is 0 Å². The summed E-state index contributed by atoms with van der Waals surface area (Å²) in [7, 11) is -3.71. The number of carbonyl (C=O) groups excluding carboxylic acids is 1. The predicted octanol–water partition coefficient (Wildman–Crippen LogP) is 3.43. The van der Waals surface area contributed by atoms with Gasteiger partial charge in [0.1, 0.15) is 10.7 Å². The van der Waals surface area contributed by atoms with E-state index in [-0.39, 0.29) is 40.7 Å². The highest BCUT2D eigenvalue weighted by Crippen LogP contribution is 2.45. The van der Waals surface area contributed by atoms with E-state index in [1.54, 1.807) is 12.4 Å². The lowest BCUT2D eigenvalue weighted by Gasteiger charge is -2.40. The number of carbonyl (C=O) groups is 1. The molecule has 0 aliphatic carbocycles. The molecular formula is C30H33N7O3S. The third-order valence-electron chi connectivity index (χ3n) is 8.91. The predicted molar refractivity (Wildman–Crippen MR) is 156 cm³/mol. The number of fused-ring (bicyclic) bond motifs is 3. The fourth-order valence-corrected chi connectivity index (χ4v) is 8.11. The first-order chi connectivity index (χ1) is 19.8. The summed E-state index contributed by atoms with van der Waals surface area (Å²) in [5.41, 5.74) is 10.9. The summed E-state index contributed by atoms with van der Waals surface area (Å²) >= 11 is 0. The average molecular weight is 572 g/mol. The normalized spacial score (nSPS) is 24.3. The number of nitrogen functional groups attached to an aromatic ring is 1. The zero-order valence-corrected chi connectivity index (χ0v) is 23.7. The van der Waals surface area contributed by atoms with Crippen LogP contribution in [-0.2, 0) is 14.6 Å². The van der Waals surface area contributed by atoms with Crippen LogP contribution in [0, 0.1) is 0 Å². The lowest BCUT2D eigenvalue weighted by Crippen LogP contribution is -2.52. The van der Waals surface area contributed by atoms with Crippen molar-refractivity contribution in [1.29, 1.82) is 0 Å². The first-order valence-corrected chi connectivity index (χ1v) is 16.1. The standard InChI is InChI=1S/C30H33N7O3S/c1-41(39,40)27-26(20-14-21-10-11-22(15-20)36(21)30(38)25-8-5-13-32-25)35-29-23(17-34-37(29)28(27)31)19-9-12-24(33-16-19)18-6-3-2-4-7-18/h2-4,6-7,9,12,16-17,20-22,25,32H,5,8,10-11,13-15,31H2,1H3/t20?,21-,22+,25-/m0/s1. The molecule has 4 aromatic rings. The van der Waals surface area contributed by atoms with Gasteiger partial charge in [0.15, 0.2) is 15.5 Å². The van der Waals surface area contributed by atoms with Crippen LogP contribution in [0.4, 0.5) is 5.82 Å². The summed E-state index contributed by atoms with van der Waals surface area (Å²) in [6.07, 6.45) is 9.67. The molecule has 1 aromatic carbocycles. The molecule has 212 valence electrons. The number of piperidine rings is 1. The van der Waals surface area contributed by atoms with Gasteiger partial charge < -0.3 is 16.0 Å². The Morgan fingerprint density at radius 3 is 2.39 bits per heavy atom. The lowest BCUT2D eigenvalue weighted by atomic mass is 9.87. The van der Waals surface area contributed by atoms with Crippen molar-refractivity contribution in [3.8, 4) is 22.4 Å². The number of hydrogen-bond donors (Lipinski definition) is 2. The summed E-state index contributed by atoms with van der Waals surface area (Å²) < 4.78 is 27.6. The number of nitrogens with one attached hydrogen (secondary N) is 1. The topological polar surface area (TPSA) is 136 Å². The summed E-state index contributed by atoms with van der Waals surface area (Å²) in [5, 5.41) is 7.77. The van der Waals surface area contributed by atoms with Crippen molar-refractivity contribution in [3.05, 3.63) is 60.6 Å². The Labute approximate surface area is 238 Å². The fraction of sp³-hybridized carbons (Fsp3) is 0.400. The Kier molecular flexibility index (Phi) is 6.31. The van der Waals surface area contributed by atoms with E-state index in [0.717, 1.165) is 54.6 Å². The largest absolute Gasteiger partial charge is 0.382 e. The highest BCUT2D eigenvalue weighted by atomic mass is 32.2. The number of anilines is 1. The molecule has 0 saturated carbocycles. The summed E-state index contributed by atoms with van der Waals surface area (Å²) in [6, 6.07) is 13.9. The van der Waals surface area contributed by atoms with Crippen molar-refractivity contribution < 1.29 is 13.2 Å². The van der Waals surface area contributed by atoms with Gasteiger partial charge in [0.2, 0.25) is 5.91 Å². The quantitative estimate of drug-likeness (QED) is 0.372. The second-order valence-corrected chi connectivity index (χ2v) is 13.5. The van der Waals surface area contributed by atoms with Crippen LogP contribution >= 0.6 is 0 Å². The molecule has 7 rings (SSSR count). The fourth-order valence-electron chi connectivity index (χ4n) is 7.05. The van der Waals surface area contributed by atoms with Crippen molar-refractivity contribution in [3.63, 3.8) is 0 Å². The van der Waals surface area contributed by atoms with E-state index in [4.69, 9.17) is 10.7 Å². The molecule has 3 N–H and O–H groups in total. The van der Waals surface area contributed by atoms with E-state index < -0.39 is 9.84 Å². The SMILES string of the molecule is CS(=O)(=O)c1c(C2C[C@H]3CC[C@@H](C2)N3C(=O)[C@@H]2CCCN2)nc2c(-c3ccc(-c4ccccc4)nc3)cnn2c1N. The zero-order chi connectivity index (χ0) is 28.3. The van der Waals surface area contributed by atoms with E-state index in [1.807, 2.05) is 42.5 Å². The minimum atomic E-state index is -3.71. The van der Waals surface area contributed by atoms with Crippen LogP contribution in [0.1, 0.15) is 50.1 Å². The van der Waals surface area contributed by atoms with Crippen molar-refractivity contribution in [2.45, 2.75) is 67.5 Å². The van der Waals surface area contributed by atoms with Gasteiger partial charge in [-0.25, -0.2) is 13.4 Å². The second-order valence-electron chi connectivity index (χ2n) is 11.5. The molecule has 1 amide bonds. The first kappa shape index (κ1) is 26.1. The molecular weight excluding hydrogens is 538 g/mol. The Morgan fingerprint density at radius 1 is 1.00 bits per heavy atom. The van der Waals surface area contributed by atoms with Crippen LogP contribution in [0.3, 0.4) is 0 Å². The molecule has 11 heteroatoms. The van der Waals surface area contributed by atoms with Gasteiger partial charge >= 0.3 is 0 Å². The molecule has 2 bridgehead atoms. The molecule has 3 fully saturated rings. The number of rotatable bonds is 5. The van der Waals surface area contributed by atoms with Crippen molar-refractivity contribution in [1.82, 2.24) is 29.8 Å². The van der Waals surface area contributed by atoms with E-state index >= 15 is 0 Å². The third-order valence-corrected chi connectivity index (χ3v) is 10.1. The lowest BCUT2D eigenvalue weighted by molar-refractivity contribution is -0.137. The van der Waals surface area contributed by atoms with Gasteiger partial charge in [-0.15, -0.1) is 0 Å². The minimum absolute atomic E-state index is 0.0406. The van der Waals surface area contributed by atoms with Gasteiger partial charge in [0, 0.05) is 47.1 Å². The van der Waals surface area contributed by atoms with E-state index in [9.17, 15) is 13.2 Å². The van der Waals surface area contributed by atoms with Crippen LogP contribution in [0.15, 0.2) is 59.8 Å². The number of benzene rings is 1. The highest BCUT2D eigenvalue weighted by Gasteiger charge is 2.47. The summed E-state index contributed by atoms with van der Waals surface area (Å²) in [5.74, 6) is 0.115. The molecule has 3 saturated heterocycles. The van der Waals surface area contributed by atoms with E-state index in [0.29, 0.717) is 24.2 Å². The van der Waals surface area contributed by atoms with Gasteiger partial charge in [-0.3, -0.25) is 9.78 Å². The monoisotopic (exact) mass is 571 g/mol. The molecule has 0 radical (unpaired) electrons. The first-order valence-electron chi connectivity index (χ1n) is 14.2. The molecule has 1 unspecified atom stereocenters. The molecule has 4 atom stereocenters. The van der Waals surface area contributed by atoms with Crippen molar-refractivity contribution >= 4 is 27.2 Å². The molecule has 41 heavy (non-hydrogen) atoms. The minimum Gasteiger partial charge on any atom is -0.382 e. The molecule has 3 aromatic heterocycles. The molecule has 3 aliphatic rings. The van der Waals surface area contributed by atoms with Gasteiger partial charge in [-0.05, 0) is 51.1 Å². The van der Waals surface area contributed by atoms with E-state index in [1.165, 1.54) is 10.8 Å². The average Bonchev–Trinajstić information content (AvgIpc) is 3.71. The van der Waals surface area contributed by atoms with E-state index in [2.05, 4.69) is 20.3 Å². The Morgan fingerprint density at radius 2 is 1.76 bits per heavy atom. The summed E-state index contributed by atoms with van der Waals surface area (Å²) in [6.45, 7) is 0.876. The highest BCUT2D eigenvalue weighted by molar-refractivity contribution is 7.91. The third kappa shape index (κ3) is 4.47. The number of hydrogen-bond acceptors (Lipinski definition) is 8. The number of aromatic nitrogens is 4. The second kappa shape index (κ2) is 9.92. The molecule has 3 aliphatic heterocycles. The number of sulfone groups is 1. The zero-order valence-electron chi connectivity index (χ0n) is 22.9. The maximum absolute atomic E-state index is 13.4. The van der Waals surface area contributed by atoms with Gasteiger partial charge in [0.25, 0.3) is 0 Å². The Balaban J connectivity index is 1.27. The number of pyridine rings is 1. The molecule has 0 spiro atoms. The Hall–Kier alpha value is -3.83. The van der Waals surface area contributed by atoms with Crippen LogP contribution in [-0.4, -0.2) is 69.7 Å². The van der Waals surface area contributed by atoms with Crippen LogP contribution in [0.25, 0.3) is 28.0 Å². The maximum Gasteiger partial charge on any atom is 0.240 e. The maximum atomic E-state index is 13.4. The van der Waals surface area contributed by atoms with Gasteiger partial charge in [0.05, 0.1) is 23.6 Å². The van der Waals surface area contributed by atoms with Crippen LogP contribution in [0.5, 0.6) is 0 Å². The van der Waals surface area contributed by atoms with Crippen LogP contribution < -0.4 is 11.1 Å². The smallest absolute Gasteiger partial charge is 0.240 e. The van der Waals surface area contributed by atoms with Crippen molar-refractivity contribution in [2.75, 3.05) is 18.5 Å². The number of nitrogens with zero attached hydrogens (tertiary/aromatic N) is 5. The Bertz CT molecular complexity index is 1720. The number of nitrogens with two attached hydrogens (primary N) is 1. The van der Waals surface area contributed by atoms with Crippen molar-refractivity contribution in [2.24, 2.45) is 0 Å². The molecule has 6 heterocycles. The molecule has 10 nitrogen and oxygen atoms in total. The summed E-state index contributed by atoms with van der Waals surface area (Å²) in [4.78, 5) is 25.1. The van der Waals surface area contributed by atoms with Gasteiger partial charge in [-0.2, -0.15) is 9.61 Å². The number of amides is 1. The van der Waals surface area contributed by atoms with Gasteiger partial charge in [-0.1, -0.05) is 36.4 Å².